The van der Waals surface area contributed by atoms with Gasteiger partial charge in [-0.15, -0.1) is 0 Å². The van der Waals surface area contributed by atoms with Gasteiger partial charge in [0, 0.05) is 30.3 Å². The summed E-state index contributed by atoms with van der Waals surface area (Å²) in [5, 5.41) is 13.7. The van der Waals surface area contributed by atoms with Crippen LogP contribution in [-0.4, -0.2) is 38.0 Å². The van der Waals surface area contributed by atoms with Crippen LogP contribution in [-0.2, 0) is 0 Å². The van der Waals surface area contributed by atoms with Crippen LogP contribution in [0.4, 0.5) is 0 Å². The summed E-state index contributed by atoms with van der Waals surface area (Å²) in [4.78, 5) is 12.6. The van der Waals surface area contributed by atoms with Gasteiger partial charge in [0.05, 0.1) is 0 Å². The fraction of sp³-hybridized carbons (Fsp3) is 0.318. The number of phenols is 1. The molecule has 2 N–H and O–H groups in total. The fourth-order valence-corrected chi connectivity index (χ4v) is 3.21. The Bertz CT molecular complexity index is 1070. The summed E-state index contributed by atoms with van der Waals surface area (Å²) in [5.41, 5.74) is 0.617. The molecule has 3 aromatic rings. The predicted molar refractivity (Wildman–Crippen MR) is 109 cm³/mol. The molecular formula is C22H23NO6. The first-order valence-electron chi connectivity index (χ1n) is 9.70. The Kier molecular flexibility index (Phi) is 5.57. The van der Waals surface area contributed by atoms with Crippen molar-refractivity contribution in [2.45, 2.75) is 13.3 Å². The van der Waals surface area contributed by atoms with Crippen LogP contribution in [0, 0.1) is 0 Å². The third-order valence-electron chi connectivity index (χ3n) is 4.58. The van der Waals surface area contributed by atoms with Crippen molar-refractivity contribution in [3.8, 4) is 34.3 Å². The van der Waals surface area contributed by atoms with E-state index in [1.54, 1.807) is 24.3 Å². The lowest BCUT2D eigenvalue weighted by atomic mass is 10.1. The molecule has 7 nitrogen and oxygen atoms in total. The highest BCUT2D eigenvalue weighted by Crippen LogP contribution is 2.36. The molecule has 7 heteroatoms. The molecule has 1 aliphatic heterocycles. The van der Waals surface area contributed by atoms with Crippen LogP contribution in [0.25, 0.3) is 22.3 Å². The third kappa shape index (κ3) is 4.14. The van der Waals surface area contributed by atoms with Crippen molar-refractivity contribution < 1.29 is 23.7 Å². The molecule has 0 aliphatic carbocycles. The Morgan fingerprint density at radius 2 is 1.90 bits per heavy atom. The van der Waals surface area contributed by atoms with Crippen LogP contribution in [0.15, 0.2) is 45.6 Å². The van der Waals surface area contributed by atoms with Crippen LogP contribution in [0.5, 0.6) is 23.0 Å². The minimum atomic E-state index is -0.329. The first kappa shape index (κ1) is 19.1. The lowest BCUT2D eigenvalue weighted by molar-refractivity contribution is 0.171. The van der Waals surface area contributed by atoms with Gasteiger partial charge in [-0.2, -0.15) is 0 Å². The lowest BCUT2D eigenvalue weighted by Gasteiger charge is -2.18. The molecular weight excluding hydrogens is 374 g/mol. The average molecular weight is 397 g/mol. The number of ether oxygens (including phenoxy) is 3. The molecule has 2 heterocycles. The maximum absolute atomic E-state index is 12.6. The van der Waals surface area contributed by atoms with Crippen molar-refractivity contribution in [1.82, 2.24) is 5.32 Å². The van der Waals surface area contributed by atoms with Gasteiger partial charge in [-0.05, 0) is 31.2 Å². The molecule has 4 rings (SSSR count). The van der Waals surface area contributed by atoms with Crippen molar-refractivity contribution in [2.24, 2.45) is 0 Å². The van der Waals surface area contributed by atoms with Crippen molar-refractivity contribution in [3.05, 3.63) is 46.6 Å². The molecule has 0 amide bonds. The predicted octanol–water partition coefficient (Wildman–Crippen LogP) is 3.32. The lowest BCUT2D eigenvalue weighted by Crippen LogP contribution is -2.21. The van der Waals surface area contributed by atoms with Crippen molar-refractivity contribution >= 4 is 11.0 Å². The Labute approximate surface area is 167 Å². The summed E-state index contributed by atoms with van der Waals surface area (Å²) in [6.45, 7) is 5.12. The van der Waals surface area contributed by atoms with Crippen LogP contribution in [0.2, 0.25) is 0 Å². The second-order valence-corrected chi connectivity index (χ2v) is 6.75. The summed E-state index contributed by atoms with van der Waals surface area (Å²) in [7, 11) is 0. The zero-order valence-corrected chi connectivity index (χ0v) is 16.2. The summed E-state index contributed by atoms with van der Waals surface area (Å²) < 4.78 is 22.7. The van der Waals surface area contributed by atoms with Crippen molar-refractivity contribution in [2.75, 3.05) is 32.9 Å². The van der Waals surface area contributed by atoms with Gasteiger partial charge < -0.3 is 29.1 Å². The smallest absolute Gasteiger partial charge is 0.197 e. The van der Waals surface area contributed by atoms with E-state index in [0.717, 1.165) is 13.0 Å². The summed E-state index contributed by atoms with van der Waals surface area (Å²) in [6.07, 6.45) is 1.05. The number of nitrogens with one attached hydrogen (secondary N) is 1. The highest BCUT2D eigenvalue weighted by molar-refractivity contribution is 5.86. The first-order chi connectivity index (χ1) is 14.2. The van der Waals surface area contributed by atoms with Gasteiger partial charge in [-0.3, -0.25) is 4.79 Å². The Balaban J connectivity index is 1.65. The monoisotopic (exact) mass is 397 g/mol. The summed E-state index contributed by atoms with van der Waals surface area (Å²) in [5.74, 6) is 1.92. The minimum Gasteiger partial charge on any atom is -0.507 e. The molecule has 29 heavy (non-hydrogen) atoms. The molecule has 0 spiro atoms. The van der Waals surface area contributed by atoms with Gasteiger partial charge >= 0.3 is 0 Å². The van der Waals surface area contributed by atoms with E-state index in [1.807, 2.05) is 0 Å². The van der Waals surface area contributed by atoms with Gasteiger partial charge in [0.25, 0.3) is 0 Å². The molecule has 0 unspecified atom stereocenters. The normalized spacial score (nSPS) is 12.9. The molecule has 0 saturated carbocycles. The molecule has 0 fully saturated rings. The van der Waals surface area contributed by atoms with Crippen LogP contribution in [0.1, 0.15) is 13.3 Å². The quantitative estimate of drug-likeness (QED) is 0.591. The second-order valence-electron chi connectivity index (χ2n) is 6.75. The average Bonchev–Trinajstić information content (AvgIpc) is 2.72. The number of rotatable bonds is 7. The van der Waals surface area contributed by atoms with Crippen LogP contribution in [0.3, 0.4) is 0 Å². The van der Waals surface area contributed by atoms with E-state index >= 15 is 0 Å². The van der Waals surface area contributed by atoms with Crippen LogP contribution < -0.4 is 25.0 Å². The highest BCUT2D eigenvalue weighted by Gasteiger charge is 2.16. The van der Waals surface area contributed by atoms with Gasteiger partial charge in [0.1, 0.15) is 48.0 Å². The number of aromatic hydroxyl groups is 1. The SMILES string of the molecule is CCCNCCOc1cc(O)c2c(=O)cc(-c3ccc4c(c3)OCCO4)oc2c1. The van der Waals surface area contributed by atoms with Crippen LogP contribution >= 0.6 is 0 Å². The maximum atomic E-state index is 12.6. The second kappa shape index (κ2) is 8.45. The third-order valence-corrected chi connectivity index (χ3v) is 4.58. The highest BCUT2D eigenvalue weighted by atomic mass is 16.6. The van der Waals surface area contributed by atoms with E-state index in [4.69, 9.17) is 18.6 Å². The van der Waals surface area contributed by atoms with E-state index < -0.39 is 0 Å². The number of benzene rings is 2. The Morgan fingerprint density at radius 1 is 1.07 bits per heavy atom. The zero-order valence-electron chi connectivity index (χ0n) is 16.2. The molecule has 152 valence electrons. The van der Waals surface area contributed by atoms with E-state index in [0.29, 0.717) is 54.9 Å². The fourth-order valence-electron chi connectivity index (χ4n) is 3.21. The van der Waals surface area contributed by atoms with Gasteiger partial charge in [0.15, 0.2) is 16.9 Å². The Morgan fingerprint density at radius 3 is 2.72 bits per heavy atom. The number of hydrogen-bond donors (Lipinski definition) is 2. The number of phenolic OH excluding ortho intramolecular Hbond substituents is 1. The molecule has 0 bridgehead atoms. The molecule has 1 aliphatic rings. The van der Waals surface area contributed by atoms with Crippen molar-refractivity contribution in [3.63, 3.8) is 0 Å². The molecule has 0 radical (unpaired) electrons. The molecule has 1 aromatic heterocycles. The minimum absolute atomic E-state index is 0.128. The topological polar surface area (TPSA) is 90.2 Å². The summed E-state index contributed by atoms with van der Waals surface area (Å²) >= 11 is 0. The Hall–Kier alpha value is -3.19. The standard InChI is InChI=1S/C22H23NO6/c1-2-5-23-6-7-26-15-11-16(24)22-17(25)13-19(29-21(22)12-15)14-3-4-18-20(10-14)28-9-8-27-18/h3-4,10-13,23-24H,2,5-9H2,1H3. The van der Waals surface area contributed by atoms with E-state index in [1.165, 1.54) is 12.1 Å². The van der Waals surface area contributed by atoms with Crippen molar-refractivity contribution in [1.29, 1.82) is 0 Å². The molecule has 0 saturated heterocycles. The largest absolute Gasteiger partial charge is 0.507 e. The molecule has 2 aromatic carbocycles. The number of fused-ring (bicyclic) bond motifs is 2. The van der Waals surface area contributed by atoms with Gasteiger partial charge in [0.2, 0.25) is 0 Å². The molecule has 0 atom stereocenters. The number of hydrogen-bond acceptors (Lipinski definition) is 7. The van der Waals surface area contributed by atoms with Gasteiger partial charge in [-0.25, -0.2) is 0 Å². The van der Waals surface area contributed by atoms with E-state index in [2.05, 4.69) is 12.2 Å². The summed E-state index contributed by atoms with van der Waals surface area (Å²) in [6, 6.07) is 9.78. The van der Waals surface area contributed by atoms with Gasteiger partial charge in [-0.1, -0.05) is 6.92 Å². The first-order valence-corrected chi connectivity index (χ1v) is 9.70. The van der Waals surface area contributed by atoms with E-state index in [9.17, 15) is 9.90 Å². The van der Waals surface area contributed by atoms with E-state index in [-0.39, 0.29) is 22.1 Å². The zero-order chi connectivity index (χ0) is 20.2. The maximum Gasteiger partial charge on any atom is 0.197 e.